The molecule has 1 rings (SSSR count). The maximum Gasteiger partial charge on any atom is 0.244 e. The van der Waals surface area contributed by atoms with E-state index in [0.717, 1.165) is 11.4 Å². The molecule has 0 aliphatic heterocycles. The zero-order chi connectivity index (χ0) is 14.8. The molecule has 19 heavy (non-hydrogen) atoms. The molecule has 0 fully saturated rings. The molecule has 1 aromatic heterocycles. The van der Waals surface area contributed by atoms with Gasteiger partial charge in [0.2, 0.25) is 5.91 Å². The Morgan fingerprint density at radius 1 is 1.47 bits per heavy atom. The largest absolute Gasteiger partial charge is 0.396 e. The third-order valence-electron chi connectivity index (χ3n) is 3.03. The molecule has 1 aromatic rings. The van der Waals surface area contributed by atoms with Crippen molar-refractivity contribution in [2.24, 2.45) is 0 Å². The van der Waals surface area contributed by atoms with E-state index in [0.29, 0.717) is 18.8 Å². The van der Waals surface area contributed by atoms with Crippen molar-refractivity contribution < 1.29 is 9.90 Å². The van der Waals surface area contributed by atoms with Crippen molar-refractivity contribution in [3.8, 4) is 0 Å². The lowest BCUT2D eigenvalue weighted by molar-refractivity contribution is -0.134. The van der Waals surface area contributed by atoms with E-state index < -0.39 is 5.60 Å². The highest BCUT2D eigenvalue weighted by Gasteiger charge is 2.22. The lowest BCUT2D eigenvalue weighted by Crippen LogP contribution is -2.43. The number of likely N-dealkylation sites (N-methyl/N-ethyl adjacent to an activating group) is 1. The normalized spacial score (nSPS) is 11.7. The Balaban J connectivity index is 2.80. The summed E-state index contributed by atoms with van der Waals surface area (Å²) in [6, 6.07) is 0. The van der Waals surface area contributed by atoms with Gasteiger partial charge in [-0.3, -0.25) is 9.48 Å². The number of nitrogens with two attached hydrogens (primary N) is 1. The van der Waals surface area contributed by atoms with Crippen LogP contribution in [0.4, 0.5) is 5.69 Å². The molecule has 0 saturated heterocycles. The summed E-state index contributed by atoms with van der Waals surface area (Å²) in [5.74, 6) is -0.0739. The molecule has 0 spiro atoms. The first-order valence-corrected chi connectivity index (χ1v) is 6.45. The summed E-state index contributed by atoms with van der Waals surface area (Å²) in [6.07, 6.45) is 0. The molecule has 1 heterocycles. The van der Waals surface area contributed by atoms with Crippen LogP contribution in [0.15, 0.2) is 0 Å². The first-order valence-electron chi connectivity index (χ1n) is 6.45. The van der Waals surface area contributed by atoms with Crippen LogP contribution in [0.3, 0.4) is 0 Å². The maximum atomic E-state index is 12.2. The van der Waals surface area contributed by atoms with E-state index >= 15 is 0 Å². The Kier molecular flexibility index (Phi) is 4.57. The summed E-state index contributed by atoms with van der Waals surface area (Å²) in [4.78, 5) is 13.8. The van der Waals surface area contributed by atoms with Gasteiger partial charge in [-0.05, 0) is 34.6 Å². The van der Waals surface area contributed by atoms with Gasteiger partial charge in [-0.1, -0.05) is 0 Å². The average molecular weight is 268 g/mol. The molecule has 6 nitrogen and oxygen atoms in total. The zero-order valence-corrected chi connectivity index (χ0v) is 12.4. The molecule has 0 aromatic carbocycles. The standard InChI is InChI=1S/C13H24N4O2/c1-6-16(8-13(4,5)19)11(18)7-17-10(3)12(14)9(2)15-17/h19H,6-8,14H2,1-5H3. The average Bonchev–Trinajstić information content (AvgIpc) is 2.52. The quantitative estimate of drug-likeness (QED) is 0.823. The topological polar surface area (TPSA) is 84.4 Å². The molecule has 6 heteroatoms. The smallest absolute Gasteiger partial charge is 0.244 e. The number of carbonyl (C=O) groups excluding carboxylic acids is 1. The molecule has 0 saturated carbocycles. The zero-order valence-electron chi connectivity index (χ0n) is 12.4. The third kappa shape index (κ3) is 3.96. The Bertz CT molecular complexity index is 460. The van der Waals surface area contributed by atoms with Crippen molar-refractivity contribution in [1.82, 2.24) is 14.7 Å². The van der Waals surface area contributed by atoms with Gasteiger partial charge in [-0.15, -0.1) is 0 Å². The second-order valence-corrected chi connectivity index (χ2v) is 5.46. The van der Waals surface area contributed by atoms with Gasteiger partial charge in [0, 0.05) is 13.1 Å². The van der Waals surface area contributed by atoms with Crippen LogP contribution < -0.4 is 5.73 Å². The van der Waals surface area contributed by atoms with Crippen LogP contribution in [-0.4, -0.2) is 44.4 Å². The molecular weight excluding hydrogens is 244 g/mol. The lowest BCUT2D eigenvalue weighted by atomic mass is 10.1. The van der Waals surface area contributed by atoms with Crippen molar-refractivity contribution >= 4 is 11.6 Å². The number of hydrogen-bond acceptors (Lipinski definition) is 4. The van der Waals surface area contributed by atoms with Gasteiger partial charge in [-0.2, -0.15) is 5.10 Å². The highest BCUT2D eigenvalue weighted by atomic mass is 16.3. The first kappa shape index (κ1) is 15.5. The molecule has 0 unspecified atom stereocenters. The highest BCUT2D eigenvalue weighted by Crippen LogP contribution is 2.15. The van der Waals surface area contributed by atoms with Crippen LogP contribution in [-0.2, 0) is 11.3 Å². The minimum absolute atomic E-state index is 0.0739. The monoisotopic (exact) mass is 268 g/mol. The van der Waals surface area contributed by atoms with E-state index in [-0.39, 0.29) is 12.5 Å². The van der Waals surface area contributed by atoms with E-state index in [2.05, 4.69) is 5.10 Å². The van der Waals surface area contributed by atoms with Crippen LogP contribution in [0.1, 0.15) is 32.2 Å². The summed E-state index contributed by atoms with van der Waals surface area (Å²) in [5.41, 5.74) is 7.09. The van der Waals surface area contributed by atoms with Crippen LogP contribution in [0.5, 0.6) is 0 Å². The van der Waals surface area contributed by atoms with E-state index in [9.17, 15) is 9.90 Å². The minimum atomic E-state index is -0.903. The number of amides is 1. The highest BCUT2D eigenvalue weighted by molar-refractivity contribution is 5.76. The minimum Gasteiger partial charge on any atom is -0.396 e. The van der Waals surface area contributed by atoms with Gasteiger partial charge in [0.15, 0.2) is 0 Å². The second kappa shape index (κ2) is 5.61. The van der Waals surface area contributed by atoms with Crippen LogP contribution in [0, 0.1) is 13.8 Å². The van der Waals surface area contributed by atoms with Gasteiger partial charge < -0.3 is 15.7 Å². The summed E-state index contributed by atoms with van der Waals surface area (Å²) < 4.78 is 1.61. The summed E-state index contributed by atoms with van der Waals surface area (Å²) in [7, 11) is 0. The van der Waals surface area contributed by atoms with E-state index in [4.69, 9.17) is 5.73 Å². The van der Waals surface area contributed by atoms with Gasteiger partial charge in [0.05, 0.1) is 22.7 Å². The van der Waals surface area contributed by atoms with E-state index in [1.807, 2.05) is 20.8 Å². The Morgan fingerprint density at radius 3 is 2.42 bits per heavy atom. The fraction of sp³-hybridized carbons (Fsp3) is 0.692. The Labute approximate surface area is 114 Å². The molecule has 3 N–H and O–H groups in total. The van der Waals surface area contributed by atoms with Gasteiger partial charge in [0.1, 0.15) is 6.54 Å². The third-order valence-corrected chi connectivity index (χ3v) is 3.03. The van der Waals surface area contributed by atoms with Crippen LogP contribution >= 0.6 is 0 Å². The maximum absolute atomic E-state index is 12.2. The van der Waals surface area contributed by atoms with Crippen molar-refractivity contribution in [2.75, 3.05) is 18.8 Å². The number of rotatable bonds is 5. The summed E-state index contributed by atoms with van der Waals surface area (Å²) in [5, 5.41) is 14.0. The SMILES string of the molecule is CCN(CC(C)(C)O)C(=O)Cn1nc(C)c(N)c1C. The second-order valence-electron chi connectivity index (χ2n) is 5.46. The Morgan fingerprint density at radius 2 is 2.05 bits per heavy atom. The van der Waals surface area contributed by atoms with Crippen LogP contribution in [0.25, 0.3) is 0 Å². The van der Waals surface area contributed by atoms with Gasteiger partial charge >= 0.3 is 0 Å². The fourth-order valence-corrected chi connectivity index (χ4v) is 1.94. The first-order chi connectivity index (χ1) is 8.65. The van der Waals surface area contributed by atoms with Crippen molar-refractivity contribution in [3.05, 3.63) is 11.4 Å². The number of hydrogen-bond donors (Lipinski definition) is 2. The van der Waals surface area contributed by atoms with E-state index in [1.165, 1.54) is 0 Å². The number of anilines is 1. The molecule has 0 aliphatic carbocycles. The number of nitrogens with zero attached hydrogens (tertiary/aromatic N) is 3. The number of aliphatic hydroxyl groups is 1. The molecule has 0 radical (unpaired) electrons. The predicted octanol–water partition coefficient (Wildman–Crippen LogP) is 0.702. The van der Waals surface area contributed by atoms with Gasteiger partial charge in [0.25, 0.3) is 0 Å². The van der Waals surface area contributed by atoms with Crippen LogP contribution in [0.2, 0.25) is 0 Å². The van der Waals surface area contributed by atoms with Crippen molar-refractivity contribution in [3.63, 3.8) is 0 Å². The van der Waals surface area contributed by atoms with Crippen molar-refractivity contribution in [2.45, 2.75) is 46.8 Å². The molecule has 1 amide bonds. The summed E-state index contributed by atoms with van der Waals surface area (Å²) >= 11 is 0. The summed E-state index contributed by atoms with van der Waals surface area (Å²) in [6.45, 7) is 9.92. The lowest BCUT2D eigenvalue weighted by Gasteiger charge is -2.28. The van der Waals surface area contributed by atoms with Crippen molar-refractivity contribution in [1.29, 1.82) is 0 Å². The number of aromatic nitrogens is 2. The molecule has 0 atom stereocenters. The Hall–Kier alpha value is -1.56. The number of nitrogen functional groups attached to an aromatic ring is 1. The molecular formula is C13H24N4O2. The molecule has 0 aliphatic rings. The molecule has 0 bridgehead atoms. The number of aryl methyl sites for hydroxylation is 1. The van der Waals surface area contributed by atoms with E-state index in [1.54, 1.807) is 23.4 Å². The van der Waals surface area contributed by atoms with Gasteiger partial charge in [-0.25, -0.2) is 0 Å². The number of carbonyl (C=O) groups is 1. The predicted molar refractivity (Wildman–Crippen MR) is 74.7 cm³/mol. The molecule has 108 valence electrons. The fourth-order valence-electron chi connectivity index (χ4n) is 1.94.